The van der Waals surface area contributed by atoms with Gasteiger partial charge in [0.15, 0.2) is 11.6 Å². The molecule has 9 nitrogen and oxygen atoms in total. The maximum absolute atomic E-state index is 6.70. The third kappa shape index (κ3) is 4.32. The van der Waals surface area contributed by atoms with Crippen LogP contribution in [0, 0.1) is 0 Å². The van der Waals surface area contributed by atoms with Crippen LogP contribution >= 0.6 is 0 Å². The Morgan fingerprint density at radius 3 is 2.25 bits per heavy atom. The Bertz CT molecular complexity index is 3080. The molecular formula is C43H26N8O. The molecule has 11 aromatic rings. The highest BCUT2D eigenvalue weighted by atomic mass is 16.3. The number of H-pyrrole nitrogens is 3. The molecule has 0 aliphatic heterocycles. The topological polar surface area (TPSA) is 125 Å². The molecule has 0 atom stereocenters. The molecule has 52 heavy (non-hydrogen) atoms. The molecule has 0 fully saturated rings. The Hall–Kier alpha value is -7.39. The van der Waals surface area contributed by atoms with E-state index in [2.05, 4.69) is 85.8 Å². The van der Waals surface area contributed by atoms with Crippen molar-refractivity contribution >= 4 is 54.6 Å². The average molecular weight is 671 g/mol. The Morgan fingerprint density at radius 2 is 1.38 bits per heavy atom. The SMILES string of the molecule is c1ccc2nc(-c3c(-c4cc5ccccc5o4)c(-c4nc[nH]n4)cc4[nH]c(-c5nc6ccccc6[nH]5)c(-c5nccc6ccccc56)c34)ccc2c1. The fourth-order valence-electron chi connectivity index (χ4n) is 7.51. The smallest absolute Gasteiger partial charge is 0.181 e. The number of furan rings is 1. The third-order valence-corrected chi connectivity index (χ3v) is 9.81. The summed E-state index contributed by atoms with van der Waals surface area (Å²) in [6.45, 7) is 0. The van der Waals surface area contributed by atoms with Gasteiger partial charge in [-0.2, -0.15) is 5.10 Å². The summed E-state index contributed by atoms with van der Waals surface area (Å²) < 4.78 is 6.70. The van der Waals surface area contributed by atoms with Gasteiger partial charge >= 0.3 is 0 Å². The number of rotatable bonds is 5. The van der Waals surface area contributed by atoms with Crippen molar-refractivity contribution in [3.05, 3.63) is 140 Å². The van der Waals surface area contributed by atoms with Crippen LogP contribution in [0.15, 0.2) is 144 Å². The quantitative estimate of drug-likeness (QED) is 0.167. The molecular weight excluding hydrogens is 645 g/mol. The molecule has 6 heterocycles. The molecule has 0 aliphatic carbocycles. The molecule has 0 bridgehead atoms. The van der Waals surface area contributed by atoms with Crippen LogP contribution < -0.4 is 0 Å². The number of aromatic nitrogens is 8. The number of hydrogen-bond donors (Lipinski definition) is 3. The van der Waals surface area contributed by atoms with Crippen molar-refractivity contribution in [2.45, 2.75) is 0 Å². The zero-order chi connectivity index (χ0) is 34.2. The predicted molar refractivity (Wildman–Crippen MR) is 205 cm³/mol. The van der Waals surface area contributed by atoms with Gasteiger partial charge in [0.25, 0.3) is 0 Å². The number of aromatic amines is 3. The van der Waals surface area contributed by atoms with E-state index in [0.717, 1.165) is 93.9 Å². The van der Waals surface area contributed by atoms with E-state index in [1.165, 1.54) is 0 Å². The lowest BCUT2D eigenvalue weighted by molar-refractivity contribution is 0.632. The van der Waals surface area contributed by atoms with E-state index in [4.69, 9.17) is 19.4 Å². The van der Waals surface area contributed by atoms with E-state index >= 15 is 0 Å². The van der Waals surface area contributed by atoms with Crippen LogP contribution in [0.5, 0.6) is 0 Å². The molecule has 9 heteroatoms. The lowest BCUT2D eigenvalue weighted by atomic mass is 9.89. The zero-order valence-electron chi connectivity index (χ0n) is 27.4. The van der Waals surface area contributed by atoms with Crippen molar-refractivity contribution in [3.63, 3.8) is 0 Å². The summed E-state index contributed by atoms with van der Waals surface area (Å²) in [5, 5.41) is 12.6. The van der Waals surface area contributed by atoms with Crippen molar-refractivity contribution in [2.24, 2.45) is 0 Å². The highest BCUT2D eigenvalue weighted by Gasteiger charge is 2.30. The average Bonchev–Trinajstić information content (AvgIpc) is 4.02. The van der Waals surface area contributed by atoms with Gasteiger partial charge in [0.05, 0.1) is 33.6 Å². The molecule has 0 spiro atoms. The minimum Gasteiger partial charge on any atom is -0.456 e. The number of fused-ring (bicyclic) bond motifs is 5. The van der Waals surface area contributed by atoms with Gasteiger partial charge in [-0.05, 0) is 53.9 Å². The summed E-state index contributed by atoms with van der Waals surface area (Å²) in [6.07, 6.45) is 3.46. The normalized spacial score (nSPS) is 11.8. The number of para-hydroxylation sites is 4. The first-order valence-corrected chi connectivity index (χ1v) is 17.0. The van der Waals surface area contributed by atoms with Gasteiger partial charge in [0, 0.05) is 55.5 Å². The minimum atomic E-state index is 0.532. The summed E-state index contributed by atoms with van der Waals surface area (Å²) >= 11 is 0. The standard InChI is InChI=1S/C43H26N8O/c1-4-12-27-24(9-1)19-20-44-40(27)39-38-33(48-41(39)43-49-30-14-6-7-15-31(30)50-43)22-28(42-45-23-46-51-42)36(35-21-26-11-3-8-16-34(26)52-35)37(38)32-18-17-25-10-2-5-13-29(25)47-32/h1-23,48H,(H,49,50)(H,45,46,51). The lowest BCUT2D eigenvalue weighted by Gasteiger charge is -2.16. The molecule has 0 unspecified atom stereocenters. The van der Waals surface area contributed by atoms with Crippen LogP contribution in [0.25, 0.3) is 111 Å². The molecule has 11 rings (SSSR count). The van der Waals surface area contributed by atoms with Gasteiger partial charge in [-0.25, -0.2) is 15.0 Å². The number of imidazole rings is 1. The molecule has 0 amide bonds. The van der Waals surface area contributed by atoms with E-state index in [-0.39, 0.29) is 0 Å². The van der Waals surface area contributed by atoms with E-state index in [1.807, 2.05) is 72.9 Å². The van der Waals surface area contributed by atoms with Crippen molar-refractivity contribution in [1.29, 1.82) is 0 Å². The van der Waals surface area contributed by atoms with Crippen molar-refractivity contribution in [3.8, 4) is 56.7 Å². The Labute approximate surface area is 295 Å². The lowest BCUT2D eigenvalue weighted by Crippen LogP contribution is -1.96. The maximum atomic E-state index is 6.70. The monoisotopic (exact) mass is 670 g/mol. The second-order valence-corrected chi connectivity index (χ2v) is 12.8. The van der Waals surface area contributed by atoms with E-state index < -0.39 is 0 Å². The zero-order valence-corrected chi connectivity index (χ0v) is 27.4. The summed E-state index contributed by atoms with van der Waals surface area (Å²) in [5.74, 6) is 1.91. The van der Waals surface area contributed by atoms with Crippen LogP contribution in [0.3, 0.4) is 0 Å². The molecule has 0 saturated carbocycles. The molecule has 0 radical (unpaired) electrons. The van der Waals surface area contributed by atoms with Crippen LogP contribution in [0.4, 0.5) is 0 Å². The van der Waals surface area contributed by atoms with Gasteiger partial charge < -0.3 is 14.4 Å². The molecule has 0 saturated heterocycles. The largest absolute Gasteiger partial charge is 0.456 e. The Balaban J connectivity index is 1.37. The second-order valence-electron chi connectivity index (χ2n) is 12.8. The third-order valence-electron chi connectivity index (χ3n) is 9.81. The summed E-state index contributed by atoms with van der Waals surface area (Å²) in [4.78, 5) is 27.6. The van der Waals surface area contributed by atoms with Gasteiger partial charge in [0.1, 0.15) is 17.7 Å². The molecule has 244 valence electrons. The van der Waals surface area contributed by atoms with Gasteiger partial charge in [-0.15, -0.1) is 0 Å². The number of nitrogens with one attached hydrogen (secondary N) is 3. The summed E-state index contributed by atoms with van der Waals surface area (Å²) in [6, 6.07) is 43.0. The predicted octanol–water partition coefficient (Wildman–Crippen LogP) is 10.3. The van der Waals surface area contributed by atoms with Crippen molar-refractivity contribution in [1.82, 2.24) is 40.1 Å². The number of nitrogens with zero attached hydrogens (tertiary/aromatic N) is 5. The molecule has 0 aliphatic rings. The Kier molecular flexibility index (Phi) is 6.05. The van der Waals surface area contributed by atoms with Gasteiger partial charge in [-0.3, -0.25) is 10.1 Å². The van der Waals surface area contributed by atoms with Crippen molar-refractivity contribution < 1.29 is 4.42 Å². The fourth-order valence-corrected chi connectivity index (χ4v) is 7.51. The van der Waals surface area contributed by atoms with E-state index in [9.17, 15) is 0 Å². The van der Waals surface area contributed by atoms with Gasteiger partial charge in [0.2, 0.25) is 0 Å². The minimum absolute atomic E-state index is 0.532. The van der Waals surface area contributed by atoms with Crippen LogP contribution in [-0.4, -0.2) is 40.1 Å². The molecule has 6 aromatic heterocycles. The highest BCUT2D eigenvalue weighted by molar-refractivity contribution is 6.19. The van der Waals surface area contributed by atoms with Crippen LogP contribution in [0.2, 0.25) is 0 Å². The highest BCUT2D eigenvalue weighted by Crippen LogP contribution is 2.50. The van der Waals surface area contributed by atoms with Gasteiger partial charge in [-0.1, -0.05) is 78.9 Å². The van der Waals surface area contributed by atoms with Crippen LogP contribution in [-0.2, 0) is 0 Å². The maximum Gasteiger partial charge on any atom is 0.181 e. The second kappa shape index (κ2) is 11.1. The number of pyridine rings is 2. The number of benzene rings is 5. The first kappa shape index (κ1) is 28.4. The van der Waals surface area contributed by atoms with E-state index in [1.54, 1.807) is 6.33 Å². The number of hydrogen-bond acceptors (Lipinski definition) is 6. The van der Waals surface area contributed by atoms with E-state index in [0.29, 0.717) is 17.4 Å². The van der Waals surface area contributed by atoms with Crippen LogP contribution in [0.1, 0.15) is 0 Å². The van der Waals surface area contributed by atoms with Crippen molar-refractivity contribution in [2.75, 3.05) is 0 Å². The Morgan fingerprint density at radius 1 is 0.577 bits per heavy atom. The first-order valence-electron chi connectivity index (χ1n) is 17.0. The summed E-state index contributed by atoms with van der Waals surface area (Å²) in [7, 11) is 0. The summed E-state index contributed by atoms with van der Waals surface area (Å²) in [5.41, 5.74) is 10.1. The first-order chi connectivity index (χ1) is 25.8. The molecule has 3 N–H and O–H groups in total. The fraction of sp³-hybridized carbons (Fsp3) is 0. The molecule has 5 aromatic carbocycles.